The number of ether oxygens (including phenoxy) is 1. The second-order valence-corrected chi connectivity index (χ2v) is 3.88. The number of hydrogen-bond acceptors (Lipinski definition) is 3. The molecule has 4 nitrogen and oxygen atoms in total. The van der Waals surface area contributed by atoms with Gasteiger partial charge in [0.05, 0.1) is 7.11 Å². The Hall–Kier alpha value is -1.71. The number of aromatic hydroxyl groups is 1. The number of benzene rings is 1. The van der Waals surface area contributed by atoms with Gasteiger partial charge in [-0.25, -0.2) is 0 Å². The van der Waals surface area contributed by atoms with Gasteiger partial charge < -0.3 is 15.2 Å². The Balaban J connectivity index is 2.64. The molecule has 0 aromatic heterocycles. The van der Waals surface area contributed by atoms with Gasteiger partial charge in [0, 0.05) is 12.5 Å². The third kappa shape index (κ3) is 3.15. The van der Waals surface area contributed by atoms with Gasteiger partial charge in [-0.15, -0.1) is 0 Å². The lowest BCUT2D eigenvalue weighted by atomic mass is 10.1. The molecule has 0 aliphatic rings. The largest absolute Gasteiger partial charge is 0.504 e. The summed E-state index contributed by atoms with van der Waals surface area (Å²) < 4.78 is 4.98. The van der Waals surface area contributed by atoms with Crippen molar-refractivity contribution in [2.45, 2.75) is 20.4 Å². The molecule has 0 radical (unpaired) electrons. The third-order valence-electron chi connectivity index (χ3n) is 2.24. The molecular weight excluding hydrogens is 206 g/mol. The number of hydrogen-bond donors (Lipinski definition) is 2. The molecule has 0 saturated carbocycles. The van der Waals surface area contributed by atoms with Crippen molar-refractivity contribution in [2.24, 2.45) is 5.92 Å². The fourth-order valence-electron chi connectivity index (χ4n) is 1.23. The van der Waals surface area contributed by atoms with Gasteiger partial charge in [0.25, 0.3) is 0 Å². The average molecular weight is 223 g/mol. The molecule has 4 heteroatoms. The van der Waals surface area contributed by atoms with Gasteiger partial charge >= 0.3 is 0 Å². The smallest absolute Gasteiger partial charge is 0.222 e. The zero-order chi connectivity index (χ0) is 12.1. The summed E-state index contributed by atoms with van der Waals surface area (Å²) in [6.07, 6.45) is 0. The summed E-state index contributed by atoms with van der Waals surface area (Å²) in [7, 11) is 1.49. The van der Waals surface area contributed by atoms with Gasteiger partial charge in [-0.05, 0) is 17.7 Å². The minimum atomic E-state index is -0.0287. The first-order valence-corrected chi connectivity index (χ1v) is 5.18. The van der Waals surface area contributed by atoms with Crippen LogP contribution in [-0.2, 0) is 11.3 Å². The van der Waals surface area contributed by atoms with Crippen LogP contribution in [0, 0.1) is 5.92 Å². The van der Waals surface area contributed by atoms with Gasteiger partial charge in [0.1, 0.15) is 0 Å². The lowest BCUT2D eigenvalue weighted by molar-refractivity contribution is -0.124. The van der Waals surface area contributed by atoms with Gasteiger partial charge in [-0.2, -0.15) is 0 Å². The maximum atomic E-state index is 11.3. The fourth-order valence-corrected chi connectivity index (χ4v) is 1.23. The highest BCUT2D eigenvalue weighted by atomic mass is 16.5. The SMILES string of the molecule is COc1cc(CNC(=O)C(C)C)ccc1O. The molecule has 1 amide bonds. The van der Waals surface area contributed by atoms with E-state index in [9.17, 15) is 9.90 Å². The Bertz CT molecular complexity index is 375. The first-order valence-electron chi connectivity index (χ1n) is 5.18. The van der Waals surface area contributed by atoms with E-state index in [1.165, 1.54) is 7.11 Å². The minimum Gasteiger partial charge on any atom is -0.504 e. The van der Waals surface area contributed by atoms with Crippen LogP contribution >= 0.6 is 0 Å². The monoisotopic (exact) mass is 223 g/mol. The molecule has 0 heterocycles. The standard InChI is InChI=1S/C12H17NO3/c1-8(2)12(15)13-7-9-4-5-10(14)11(6-9)16-3/h4-6,8,14H,7H2,1-3H3,(H,13,15). The predicted molar refractivity (Wildman–Crippen MR) is 61.3 cm³/mol. The Morgan fingerprint density at radius 3 is 2.75 bits per heavy atom. The van der Waals surface area contributed by atoms with Crippen LogP contribution in [0.4, 0.5) is 0 Å². The Morgan fingerprint density at radius 2 is 2.19 bits per heavy atom. The number of phenolic OH excluding ortho intramolecular Hbond substituents is 1. The summed E-state index contributed by atoms with van der Waals surface area (Å²) in [5.41, 5.74) is 0.892. The topological polar surface area (TPSA) is 58.6 Å². The van der Waals surface area contributed by atoms with Crippen LogP contribution in [0.5, 0.6) is 11.5 Å². The molecule has 0 spiro atoms. The molecule has 1 aromatic rings. The van der Waals surface area contributed by atoms with Gasteiger partial charge in [-0.3, -0.25) is 4.79 Å². The lowest BCUT2D eigenvalue weighted by Crippen LogP contribution is -2.27. The molecule has 0 aliphatic heterocycles. The maximum Gasteiger partial charge on any atom is 0.222 e. The van der Waals surface area contributed by atoms with Crippen molar-refractivity contribution in [3.8, 4) is 11.5 Å². The van der Waals surface area contributed by atoms with Crippen molar-refractivity contribution in [2.75, 3.05) is 7.11 Å². The highest BCUT2D eigenvalue weighted by Gasteiger charge is 2.07. The Labute approximate surface area is 95.2 Å². The molecule has 1 aromatic carbocycles. The molecule has 16 heavy (non-hydrogen) atoms. The molecule has 0 bridgehead atoms. The van der Waals surface area contributed by atoms with Crippen LogP contribution in [0.3, 0.4) is 0 Å². The zero-order valence-electron chi connectivity index (χ0n) is 9.78. The van der Waals surface area contributed by atoms with Gasteiger partial charge in [0.15, 0.2) is 11.5 Å². The number of carbonyl (C=O) groups is 1. The molecular formula is C12H17NO3. The normalized spacial score (nSPS) is 10.2. The van der Waals surface area contributed by atoms with E-state index < -0.39 is 0 Å². The van der Waals surface area contributed by atoms with Gasteiger partial charge in [-0.1, -0.05) is 19.9 Å². The van der Waals surface area contributed by atoms with E-state index in [-0.39, 0.29) is 17.6 Å². The summed E-state index contributed by atoms with van der Waals surface area (Å²) in [6, 6.07) is 5.00. The molecule has 0 unspecified atom stereocenters. The number of nitrogens with one attached hydrogen (secondary N) is 1. The molecule has 88 valence electrons. The fraction of sp³-hybridized carbons (Fsp3) is 0.417. The highest BCUT2D eigenvalue weighted by Crippen LogP contribution is 2.26. The van der Waals surface area contributed by atoms with Crippen LogP contribution in [0.1, 0.15) is 19.4 Å². The van der Waals surface area contributed by atoms with E-state index in [1.807, 2.05) is 13.8 Å². The highest BCUT2D eigenvalue weighted by molar-refractivity contribution is 5.77. The summed E-state index contributed by atoms with van der Waals surface area (Å²) in [6.45, 7) is 4.12. The van der Waals surface area contributed by atoms with E-state index >= 15 is 0 Å². The summed E-state index contributed by atoms with van der Waals surface area (Å²) >= 11 is 0. The molecule has 0 saturated heterocycles. The quantitative estimate of drug-likeness (QED) is 0.816. The maximum absolute atomic E-state index is 11.3. The summed E-state index contributed by atoms with van der Waals surface area (Å²) in [4.78, 5) is 11.3. The van der Waals surface area contributed by atoms with E-state index in [1.54, 1.807) is 18.2 Å². The van der Waals surface area contributed by atoms with Crippen molar-refractivity contribution in [1.82, 2.24) is 5.32 Å². The van der Waals surface area contributed by atoms with Crippen molar-refractivity contribution in [3.63, 3.8) is 0 Å². The second-order valence-electron chi connectivity index (χ2n) is 3.88. The molecule has 2 N–H and O–H groups in total. The number of phenols is 1. The summed E-state index contributed by atoms with van der Waals surface area (Å²) in [5.74, 6) is 0.490. The predicted octanol–water partition coefficient (Wildman–Crippen LogP) is 1.67. The van der Waals surface area contributed by atoms with Crippen LogP contribution in [0.15, 0.2) is 18.2 Å². The van der Waals surface area contributed by atoms with Crippen LogP contribution < -0.4 is 10.1 Å². The zero-order valence-corrected chi connectivity index (χ0v) is 9.78. The minimum absolute atomic E-state index is 0.00652. The molecule has 0 fully saturated rings. The van der Waals surface area contributed by atoms with E-state index in [0.717, 1.165) is 5.56 Å². The van der Waals surface area contributed by atoms with E-state index in [2.05, 4.69) is 5.32 Å². The Kier molecular flexibility index (Phi) is 4.17. The van der Waals surface area contributed by atoms with E-state index in [0.29, 0.717) is 12.3 Å². The number of rotatable bonds is 4. The average Bonchev–Trinajstić information content (AvgIpc) is 2.27. The first-order chi connectivity index (χ1) is 7.54. The third-order valence-corrected chi connectivity index (χ3v) is 2.24. The lowest BCUT2D eigenvalue weighted by Gasteiger charge is -2.09. The van der Waals surface area contributed by atoms with Crippen molar-refractivity contribution >= 4 is 5.91 Å². The van der Waals surface area contributed by atoms with Crippen LogP contribution in [0.2, 0.25) is 0 Å². The summed E-state index contributed by atoms with van der Waals surface area (Å²) in [5, 5.41) is 12.2. The van der Waals surface area contributed by atoms with Crippen LogP contribution in [0.25, 0.3) is 0 Å². The van der Waals surface area contributed by atoms with Crippen molar-refractivity contribution in [1.29, 1.82) is 0 Å². The molecule has 1 rings (SSSR count). The van der Waals surface area contributed by atoms with Crippen molar-refractivity contribution < 1.29 is 14.6 Å². The Morgan fingerprint density at radius 1 is 1.50 bits per heavy atom. The first kappa shape index (κ1) is 12.4. The number of methoxy groups -OCH3 is 1. The molecule has 0 atom stereocenters. The van der Waals surface area contributed by atoms with Crippen molar-refractivity contribution in [3.05, 3.63) is 23.8 Å². The number of carbonyl (C=O) groups excluding carboxylic acids is 1. The van der Waals surface area contributed by atoms with E-state index in [4.69, 9.17) is 4.74 Å². The second kappa shape index (κ2) is 5.39. The number of amides is 1. The van der Waals surface area contributed by atoms with Crippen LogP contribution in [-0.4, -0.2) is 18.1 Å². The van der Waals surface area contributed by atoms with Gasteiger partial charge in [0.2, 0.25) is 5.91 Å². The molecule has 0 aliphatic carbocycles.